The monoisotopic (exact) mass is 525 g/mol. The lowest BCUT2D eigenvalue weighted by molar-refractivity contribution is -0.383. The average molecular weight is 526 g/mol. The van der Waals surface area contributed by atoms with Gasteiger partial charge in [0.2, 0.25) is 0 Å². The first kappa shape index (κ1) is 27.0. The largest absolute Gasteiger partial charge is 0.466 e. The van der Waals surface area contributed by atoms with E-state index in [0.29, 0.717) is 0 Å². The van der Waals surface area contributed by atoms with E-state index in [1.165, 1.54) is 18.2 Å². The number of carbonyl (C=O) groups excluding carboxylic acids is 1. The van der Waals surface area contributed by atoms with Gasteiger partial charge in [-0.05, 0) is 37.3 Å². The van der Waals surface area contributed by atoms with Crippen molar-refractivity contribution < 1.29 is 36.9 Å². The van der Waals surface area contributed by atoms with E-state index in [2.05, 4.69) is 0 Å². The number of ether oxygens (including phenoxy) is 2. The topological polar surface area (TPSA) is 87.9 Å². The Bertz CT molecular complexity index is 1080. The summed E-state index contributed by atoms with van der Waals surface area (Å²) in [6.45, 7) is 3.48. The summed E-state index contributed by atoms with van der Waals surface area (Å²) in [4.78, 5) is 22.5. The van der Waals surface area contributed by atoms with E-state index in [1.807, 2.05) is 0 Å². The Morgan fingerprint density at radius 2 is 1.91 bits per heavy atom. The van der Waals surface area contributed by atoms with E-state index < -0.39 is 28.9 Å². The molecule has 0 aliphatic rings. The maximum absolute atomic E-state index is 12.9. The van der Waals surface area contributed by atoms with Crippen molar-refractivity contribution in [2.45, 2.75) is 26.4 Å². The number of carbonyl (C=O) groups is 1. The molecule has 0 N–H and O–H groups in total. The van der Waals surface area contributed by atoms with Crippen molar-refractivity contribution >= 4 is 46.6 Å². The van der Waals surface area contributed by atoms with Crippen molar-refractivity contribution in [2.24, 2.45) is 0 Å². The molecular weight excluding hydrogens is 506 g/mol. The molecule has 13 heteroatoms. The van der Waals surface area contributed by atoms with Crippen LogP contribution in [-0.2, 0) is 32.0 Å². The number of benzene rings is 2. The van der Waals surface area contributed by atoms with Crippen LogP contribution in [0.1, 0.15) is 25.8 Å². The number of nitrogens with zero attached hydrogens (tertiary/aromatic N) is 1. The third-order valence-electron chi connectivity index (χ3n) is 4.33. The number of halogens is 4. The van der Waals surface area contributed by atoms with Crippen LogP contribution in [0.3, 0.4) is 0 Å². The van der Waals surface area contributed by atoms with Gasteiger partial charge >= 0.3 is 12.1 Å². The fourth-order valence-electron chi connectivity index (χ4n) is 2.72. The molecule has 0 aromatic heterocycles. The highest BCUT2D eigenvalue weighted by Crippen LogP contribution is 2.49. The molecule has 1 unspecified atom stereocenters. The van der Waals surface area contributed by atoms with Crippen molar-refractivity contribution in [1.29, 1.82) is 0 Å². The van der Waals surface area contributed by atoms with E-state index in [1.54, 1.807) is 13.8 Å². The van der Waals surface area contributed by atoms with Gasteiger partial charge in [-0.3, -0.25) is 14.9 Å². The molecule has 2 aromatic rings. The summed E-state index contributed by atoms with van der Waals surface area (Å²) in [6, 6.07) is 6.36. The Labute approximate surface area is 198 Å². The van der Waals surface area contributed by atoms with E-state index in [9.17, 15) is 28.1 Å². The molecule has 180 valence electrons. The van der Waals surface area contributed by atoms with Crippen molar-refractivity contribution in [3.8, 4) is 11.5 Å². The van der Waals surface area contributed by atoms with Crippen LogP contribution >= 0.6 is 17.9 Å². The normalized spacial score (nSPS) is 13.3. The number of hydrogen-bond donors (Lipinski definition) is 0. The third kappa shape index (κ3) is 7.14. The number of nitro benzene ring substituents is 1. The Kier molecular flexibility index (Phi) is 9.25. The Balaban J connectivity index is 2.36. The fourth-order valence-corrected chi connectivity index (χ4v) is 5.48. The molecule has 7 nitrogen and oxygen atoms in total. The lowest BCUT2D eigenvalue weighted by Crippen LogP contribution is -2.16. The highest BCUT2D eigenvalue weighted by Gasteiger charge is 2.32. The predicted molar refractivity (Wildman–Crippen MR) is 121 cm³/mol. The van der Waals surface area contributed by atoms with Gasteiger partial charge in [-0.2, -0.15) is 13.2 Å². The van der Waals surface area contributed by atoms with Crippen LogP contribution in [0.5, 0.6) is 11.5 Å². The second kappa shape index (κ2) is 11.3. The average Bonchev–Trinajstić information content (AvgIpc) is 2.74. The Morgan fingerprint density at radius 1 is 1.21 bits per heavy atom. The standard InChI is InChI=1S/C20H20ClF3NO6PS/c1-3-29-19(26)9-10-30-32(33,4-2)18-12-14(6-7-16(18)25(27)28)31-17-8-5-13(11-15(17)21)20(22,23)24/h5-8,11-12H,3-4,9-10H2,1-2H3. The molecule has 0 heterocycles. The zero-order valence-electron chi connectivity index (χ0n) is 17.6. The number of esters is 1. The summed E-state index contributed by atoms with van der Waals surface area (Å²) in [6.07, 6.45) is -7.37. The van der Waals surface area contributed by atoms with Gasteiger partial charge in [0.25, 0.3) is 5.69 Å². The minimum atomic E-state index is -4.57. The van der Waals surface area contributed by atoms with Gasteiger partial charge in [-0.25, -0.2) is 0 Å². The molecule has 0 spiro atoms. The molecule has 2 rings (SSSR count). The predicted octanol–water partition coefficient (Wildman–Crippen LogP) is 6.07. The lowest BCUT2D eigenvalue weighted by atomic mass is 10.2. The van der Waals surface area contributed by atoms with Gasteiger partial charge in [0, 0.05) is 12.2 Å². The Morgan fingerprint density at radius 3 is 2.45 bits per heavy atom. The number of nitro groups is 1. The van der Waals surface area contributed by atoms with E-state index >= 15 is 0 Å². The van der Waals surface area contributed by atoms with Crippen molar-refractivity contribution in [1.82, 2.24) is 0 Å². The quantitative estimate of drug-likeness (QED) is 0.161. The van der Waals surface area contributed by atoms with Gasteiger partial charge in [-0.15, -0.1) is 0 Å². The number of rotatable bonds is 10. The first-order chi connectivity index (χ1) is 15.4. The second-order valence-corrected chi connectivity index (χ2v) is 11.4. The lowest BCUT2D eigenvalue weighted by Gasteiger charge is -2.22. The van der Waals surface area contributed by atoms with Gasteiger partial charge in [0.15, 0.2) is 0 Å². The van der Waals surface area contributed by atoms with Crippen molar-refractivity contribution in [2.75, 3.05) is 19.4 Å². The minimum absolute atomic E-state index is 0.0718. The van der Waals surface area contributed by atoms with Crippen LogP contribution in [-0.4, -0.2) is 30.3 Å². The molecule has 0 amide bonds. The highest BCUT2D eigenvalue weighted by molar-refractivity contribution is 8.16. The fraction of sp³-hybridized carbons (Fsp3) is 0.350. The first-order valence-corrected chi connectivity index (χ1v) is 12.9. The molecule has 0 bridgehead atoms. The van der Waals surface area contributed by atoms with E-state index in [-0.39, 0.29) is 53.3 Å². The van der Waals surface area contributed by atoms with Crippen LogP contribution < -0.4 is 10.0 Å². The summed E-state index contributed by atoms with van der Waals surface area (Å²) in [7, 11) is 0. The number of alkyl halides is 3. The zero-order valence-corrected chi connectivity index (χ0v) is 20.0. The van der Waals surface area contributed by atoms with E-state index in [0.717, 1.165) is 18.2 Å². The second-order valence-electron chi connectivity index (χ2n) is 6.53. The van der Waals surface area contributed by atoms with Crippen molar-refractivity contribution in [3.63, 3.8) is 0 Å². The van der Waals surface area contributed by atoms with Crippen molar-refractivity contribution in [3.05, 3.63) is 57.1 Å². The maximum atomic E-state index is 12.9. The van der Waals surface area contributed by atoms with E-state index in [4.69, 9.17) is 37.4 Å². The van der Waals surface area contributed by atoms with Crippen LogP contribution in [0.4, 0.5) is 18.9 Å². The molecule has 0 saturated heterocycles. The van der Waals surface area contributed by atoms with Gasteiger partial charge in [-0.1, -0.05) is 30.3 Å². The molecule has 33 heavy (non-hydrogen) atoms. The van der Waals surface area contributed by atoms with Crippen LogP contribution in [0.2, 0.25) is 5.02 Å². The molecule has 0 fully saturated rings. The zero-order chi connectivity index (χ0) is 24.8. The van der Waals surface area contributed by atoms with Crippen LogP contribution in [0, 0.1) is 10.1 Å². The molecule has 0 radical (unpaired) electrons. The van der Waals surface area contributed by atoms with Gasteiger partial charge in [0.05, 0.1) is 40.4 Å². The summed E-state index contributed by atoms with van der Waals surface area (Å²) in [5.41, 5.74) is -1.23. The summed E-state index contributed by atoms with van der Waals surface area (Å²) in [5.74, 6) is -0.481. The molecular formula is C20H20ClF3NO6PS. The first-order valence-electron chi connectivity index (χ1n) is 9.64. The minimum Gasteiger partial charge on any atom is -0.466 e. The molecule has 0 aliphatic heterocycles. The third-order valence-corrected chi connectivity index (χ3v) is 8.83. The Hall–Kier alpha value is -2.20. The maximum Gasteiger partial charge on any atom is 0.416 e. The molecule has 0 aliphatic carbocycles. The number of hydrogen-bond acceptors (Lipinski definition) is 7. The highest BCUT2D eigenvalue weighted by atomic mass is 35.5. The van der Waals surface area contributed by atoms with Gasteiger partial charge < -0.3 is 14.0 Å². The van der Waals surface area contributed by atoms with Crippen LogP contribution in [0.25, 0.3) is 0 Å². The summed E-state index contributed by atoms with van der Waals surface area (Å²) in [5, 5.41) is 11.4. The summed E-state index contributed by atoms with van der Waals surface area (Å²) >= 11 is 11.6. The molecule has 2 aromatic carbocycles. The molecule has 0 saturated carbocycles. The summed E-state index contributed by atoms with van der Waals surface area (Å²) < 4.78 is 54.7. The molecule has 1 atom stereocenters. The van der Waals surface area contributed by atoms with Crippen LogP contribution in [0.15, 0.2) is 36.4 Å². The SMILES string of the molecule is CCOC(=O)CCOP(=S)(CC)c1cc(Oc2ccc(C(F)(F)F)cc2Cl)ccc1[N+](=O)[O-]. The van der Waals surface area contributed by atoms with Gasteiger partial charge in [0.1, 0.15) is 17.8 Å². The smallest absolute Gasteiger partial charge is 0.416 e.